The molecule has 5 rings (SSSR count). The van der Waals surface area contributed by atoms with E-state index >= 15 is 0 Å². The molecule has 8 nitrogen and oxygen atoms in total. The van der Waals surface area contributed by atoms with Crippen molar-refractivity contribution in [3.05, 3.63) is 128 Å². The predicted molar refractivity (Wildman–Crippen MR) is 150 cm³/mol. The van der Waals surface area contributed by atoms with Crippen molar-refractivity contribution in [2.75, 3.05) is 13.7 Å². The largest absolute Gasteiger partial charge is 0.497 e. The maximum absolute atomic E-state index is 13.8. The van der Waals surface area contributed by atoms with Gasteiger partial charge in [-0.05, 0) is 48.1 Å². The number of rotatable bonds is 8. The minimum absolute atomic E-state index is 0.0532. The summed E-state index contributed by atoms with van der Waals surface area (Å²) < 4.78 is 11.0. The molecule has 2 aliphatic rings. The van der Waals surface area contributed by atoms with Gasteiger partial charge in [0.1, 0.15) is 5.75 Å². The van der Waals surface area contributed by atoms with Gasteiger partial charge in [-0.15, -0.1) is 0 Å². The van der Waals surface area contributed by atoms with Crippen LogP contribution in [0.1, 0.15) is 48.3 Å². The average Bonchev–Trinajstić information content (AvgIpc) is 2.97. The minimum atomic E-state index is -0.773. The molecule has 0 unspecified atom stereocenters. The fourth-order valence-electron chi connectivity index (χ4n) is 5.56. The van der Waals surface area contributed by atoms with E-state index in [9.17, 15) is 19.7 Å². The van der Waals surface area contributed by atoms with Crippen LogP contribution in [0.15, 0.2) is 101 Å². The Morgan fingerprint density at radius 3 is 2.45 bits per heavy atom. The third-order valence-corrected chi connectivity index (χ3v) is 7.52. The topological polar surface area (TPSA) is 108 Å². The maximum Gasteiger partial charge on any atom is 0.336 e. The molecule has 40 heavy (non-hydrogen) atoms. The number of carbonyl (C=O) groups excluding carboxylic acids is 2. The monoisotopic (exact) mass is 538 g/mol. The zero-order valence-corrected chi connectivity index (χ0v) is 22.4. The van der Waals surface area contributed by atoms with Gasteiger partial charge in [0, 0.05) is 47.9 Å². The van der Waals surface area contributed by atoms with Crippen molar-refractivity contribution in [2.45, 2.75) is 38.0 Å². The molecule has 204 valence electrons. The first-order chi connectivity index (χ1) is 19.4. The molecule has 1 aliphatic carbocycles. The summed E-state index contributed by atoms with van der Waals surface area (Å²) in [5, 5.41) is 14.9. The number of hydrogen-bond acceptors (Lipinski definition) is 7. The molecule has 1 heterocycles. The van der Waals surface area contributed by atoms with Crippen molar-refractivity contribution in [3.8, 4) is 5.75 Å². The van der Waals surface area contributed by atoms with Crippen LogP contribution in [0.2, 0.25) is 0 Å². The number of ether oxygens (including phenoxy) is 2. The first-order valence-corrected chi connectivity index (χ1v) is 13.2. The summed E-state index contributed by atoms with van der Waals surface area (Å²) in [6, 6.07) is 23.5. The summed E-state index contributed by atoms with van der Waals surface area (Å²) in [6.07, 6.45) is 1.37. The lowest BCUT2D eigenvalue weighted by atomic mass is 9.71. The summed E-state index contributed by atoms with van der Waals surface area (Å²) in [6.45, 7) is 1.95. The van der Waals surface area contributed by atoms with Gasteiger partial charge in [-0.1, -0.05) is 54.6 Å². The number of allylic oxidation sites excluding steroid dienone is 3. The van der Waals surface area contributed by atoms with Gasteiger partial charge in [-0.2, -0.15) is 0 Å². The molecule has 2 atom stereocenters. The van der Waals surface area contributed by atoms with Gasteiger partial charge in [0.15, 0.2) is 5.78 Å². The molecule has 0 spiro atoms. The minimum Gasteiger partial charge on any atom is -0.497 e. The Hall–Kier alpha value is -4.72. The number of nitro groups is 1. The number of dihydropyridines is 1. The molecule has 0 aromatic heterocycles. The van der Waals surface area contributed by atoms with Crippen LogP contribution in [0.25, 0.3) is 0 Å². The molecule has 0 radical (unpaired) electrons. The molecule has 0 amide bonds. The molecule has 0 fully saturated rings. The zero-order valence-electron chi connectivity index (χ0n) is 22.4. The Balaban J connectivity index is 1.49. The van der Waals surface area contributed by atoms with Gasteiger partial charge >= 0.3 is 5.97 Å². The number of hydrogen-bond donors (Lipinski definition) is 1. The normalized spacial score (nSPS) is 18.6. The van der Waals surface area contributed by atoms with E-state index in [0.29, 0.717) is 35.2 Å². The van der Waals surface area contributed by atoms with E-state index in [1.165, 1.54) is 12.1 Å². The molecule has 8 heteroatoms. The molecule has 3 aromatic rings. The average molecular weight is 539 g/mol. The summed E-state index contributed by atoms with van der Waals surface area (Å²) in [5.41, 5.74) is 4.52. The highest BCUT2D eigenvalue weighted by Gasteiger charge is 2.41. The number of ketones is 1. The Morgan fingerprint density at radius 1 is 1.00 bits per heavy atom. The lowest BCUT2D eigenvalue weighted by molar-refractivity contribution is -0.384. The first kappa shape index (κ1) is 26.9. The second-order valence-electron chi connectivity index (χ2n) is 10.0. The first-order valence-electron chi connectivity index (χ1n) is 13.2. The van der Waals surface area contributed by atoms with Gasteiger partial charge in [0.2, 0.25) is 0 Å². The maximum atomic E-state index is 13.8. The van der Waals surface area contributed by atoms with Gasteiger partial charge in [-0.3, -0.25) is 14.9 Å². The number of nitrogens with one attached hydrogen (secondary N) is 1. The highest BCUT2D eigenvalue weighted by molar-refractivity contribution is 6.04. The molecule has 0 saturated carbocycles. The number of carbonyl (C=O) groups is 2. The van der Waals surface area contributed by atoms with Crippen LogP contribution in [0, 0.1) is 10.1 Å². The number of nitrogens with zero attached hydrogens (tertiary/aromatic N) is 1. The quantitative estimate of drug-likeness (QED) is 0.221. The predicted octanol–water partition coefficient (Wildman–Crippen LogP) is 5.75. The van der Waals surface area contributed by atoms with Crippen LogP contribution in [0.3, 0.4) is 0 Å². The molecule has 3 aromatic carbocycles. The molecule has 1 aliphatic heterocycles. The van der Waals surface area contributed by atoms with Gasteiger partial charge in [0.25, 0.3) is 5.69 Å². The van der Waals surface area contributed by atoms with Crippen LogP contribution in [0.5, 0.6) is 5.75 Å². The number of methoxy groups -OCH3 is 1. The van der Waals surface area contributed by atoms with Crippen LogP contribution in [0.4, 0.5) is 5.69 Å². The van der Waals surface area contributed by atoms with Crippen molar-refractivity contribution in [3.63, 3.8) is 0 Å². The summed E-state index contributed by atoms with van der Waals surface area (Å²) in [5.74, 6) is -0.740. The summed E-state index contributed by atoms with van der Waals surface area (Å²) in [4.78, 5) is 38.4. The van der Waals surface area contributed by atoms with Crippen LogP contribution >= 0.6 is 0 Å². The molecule has 1 N–H and O–H groups in total. The number of nitro benzene ring substituents is 1. The Kier molecular flexibility index (Phi) is 7.77. The van der Waals surface area contributed by atoms with E-state index in [1.54, 1.807) is 26.2 Å². The lowest BCUT2D eigenvalue weighted by Crippen LogP contribution is -2.36. The van der Waals surface area contributed by atoms with Crippen LogP contribution in [-0.2, 0) is 20.7 Å². The second-order valence-corrected chi connectivity index (χ2v) is 10.0. The number of esters is 1. The summed E-state index contributed by atoms with van der Waals surface area (Å²) >= 11 is 0. The Morgan fingerprint density at radius 2 is 1.75 bits per heavy atom. The summed E-state index contributed by atoms with van der Waals surface area (Å²) in [7, 11) is 1.61. The Labute approximate surface area is 232 Å². The highest BCUT2D eigenvalue weighted by Crippen LogP contribution is 2.46. The second kappa shape index (κ2) is 11.6. The molecule has 0 bridgehead atoms. The fraction of sp³-hybridized carbons (Fsp3) is 0.250. The molecular formula is C32H30N2O6. The Bertz CT molecular complexity index is 1510. The van der Waals surface area contributed by atoms with Crippen molar-refractivity contribution in [2.24, 2.45) is 0 Å². The molecule has 0 saturated heterocycles. The van der Waals surface area contributed by atoms with E-state index in [-0.39, 0.29) is 30.4 Å². The number of non-ortho nitro benzene ring substituents is 1. The van der Waals surface area contributed by atoms with Crippen molar-refractivity contribution in [1.29, 1.82) is 0 Å². The number of benzene rings is 3. The highest BCUT2D eigenvalue weighted by atomic mass is 16.6. The smallest absolute Gasteiger partial charge is 0.336 e. The third-order valence-electron chi connectivity index (χ3n) is 7.52. The van der Waals surface area contributed by atoms with Gasteiger partial charge in [-0.25, -0.2) is 4.79 Å². The van der Waals surface area contributed by atoms with E-state index in [4.69, 9.17) is 9.47 Å². The van der Waals surface area contributed by atoms with Crippen molar-refractivity contribution in [1.82, 2.24) is 5.32 Å². The third kappa shape index (κ3) is 5.52. The lowest BCUT2D eigenvalue weighted by Gasteiger charge is -2.36. The van der Waals surface area contributed by atoms with E-state index in [0.717, 1.165) is 22.6 Å². The molecular weight excluding hydrogens is 508 g/mol. The van der Waals surface area contributed by atoms with Crippen molar-refractivity contribution < 1.29 is 24.0 Å². The van der Waals surface area contributed by atoms with Crippen LogP contribution in [-0.4, -0.2) is 30.4 Å². The standard InChI is InChI=1S/C32H30N2O6/c1-20-29(32(36)40-16-15-21-7-4-3-5-8-21)30(23-9-6-10-25(17-23)34(37)38)31-27(33-20)18-24(19-28(31)35)22-11-13-26(39-2)14-12-22/h3-14,17,24,30,33H,15-16,18-19H2,1-2H3/t24-,30+/m0/s1. The van der Waals surface area contributed by atoms with E-state index in [2.05, 4.69) is 5.32 Å². The zero-order chi connectivity index (χ0) is 28.2. The van der Waals surface area contributed by atoms with Crippen molar-refractivity contribution >= 4 is 17.4 Å². The van der Waals surface area contributed by atoms with E-state index < -0.39 is 16.8 Å². The van der Waals surface area contributed by atoms with E-state index in [1.807, 2.05) is 54.6 Å². The van der Waals surface area contributed by atoms with Gasteiger partial charge in [0.05, 0.1) is 24.2 Å². The fourth-order valence-corrected chi connectivity index (χ4v) is 5.56. The SMILES string of the molecule is COc1ccc([C@@H]2CC(=O)C3=C(C2)NC(C)=C(C(=O)OCCc2ccccc2)[C@H]3c2cccc([N+](=O)[O-])c2)cc1. The number of Topliss-reactive ketones (excluding diaryl/α,β-unsaturated/α-hetero) is 1. The van der Waals surface area contributed by atoms with Crippen LogP contribution < -0.4 is 10.1 Å². The van der Waals surface area contributed by atoms with Gasteiger partial charge < -0.3 is 14.8 Å².